The van der Waals surface area contributed by atoms with Crippen LogP contribution in [0.2, 0.25) is 0 Å². The molecule has 0 spiro atoms. The number of pyridine rings is 1. The predicted molar refractivity (Wildman–Crippen MR) is 101 cm³/mol. The van der Waals surface area contributed by atoms with Gasteiger partial charge in [0.15, 0.2) is 0 Å². The van der Waals surface area contributed by atoms with Crippen LogP contribution in [0.5, 0.6) is 5.75 Å². The fraction of sp³-hybridized carbons (Fsp3) is 0.105. The predicted octanol–water partition coefficient (Wildman–Crippen LogP) is 2.46. The van der Waals surface area contributed by atoms with Crippen LogP contribution in [0.3, 0.4) is 0 Å². The molecule has 25 heavy (non-hydrogen) atoms. The van der Waals surface area contributed by atoms with Gasteiger partial charge >= 0.3 is 0 Å². The molecule has 6 nitrogen and oxygen atoms in total. The molecule has 0 fully saturated rings. The van der Waals surface area contributed by atoms with E-state index in [0.29, 0.717) is 22.9 Å². The van der Waals surface area contributed by atoms with Gasteiger partial charge in [-0.1, -0.05) is 18.2 Å². The highest BCUT2D eigenvalue weighted by Crippen LogP contribution is 2.22. The Morgan fingerprint density at radius 3 is 2.52 bits per heavy atom. The number of aromatic nitrogens is 1. The molecular formula is C19H19N5O. The topological polar surface area (TPSA) is 84.9 Å². The minimum atomic E-state index is 0.375. The number of amidine groups is 1. The van der Waals surface area contributed by atoms with E-state index in [0.717, 1.165) is 16.9 Å². The molecule has 0 saturated carbocycles. The van der Waals surface area contributed by atoms with E-state index in [-0.39, 0.29) is 0 Å². The highest BCUT2D eigenvalue weighted by Gasteiger charge is 2.16. The Morgan fingerprint density at radius 2 is 1.96 bits per heavy atom. The molecule has 1 aromatic carbocycles. The van der Waals surface area contributed by atoms with Gasteiger partial charge < -0.3 is 15.8 Å². The standard InChI is InChI=1S/C19H19N5O/c1-21-18(20)17(16-5-3-4-10-22-16)19-23-11-14(12-24-19)13-6-8-15(25-2)9-7-13/h3-12,23H,1-2H3,(H2,20,21)/b19-17+. The van der Waals surface area contributed by atoms with Gasteiger partial charge in [-0.05, 0) is 29.8 Å². The number of hydrogen-bond donors (Lipinski definition) is 2. The third-order valence-corrected chi connectivity index (χ3v) is 3.78. The van der Waals surface area contributed by atoms with Crippen molar-refractivity contribution in [3.05, 3.63) is 71.9 Å². The largest absolute Gasteiger partial charge is 0.497 e. The number of benzene rings is 1. The summed E-state index contributed by atoms with van der Waals surface area (Å²) >= 11 is 0. The highest BCUT2D eigenvalue weighted by molar-refractivity contribution is 6.23. The summed E-state index contributed by atoms with van der Waals surface area (Å²) in [5, 5.41) is 3.20. The summed E-state index contributed by atoms with van der Waals surface area (Å²) in [5.74, 6) is 1.80. The van der Waals surface area contributed by atoms with Crippen molar-refractivity contribution in [2.75, 3.05) is 14.2 Å². The number of allylic oxidation sites excluding steroid dienone is 1. The molecule has 0 saturated heterocycles. The van der Waals surface area contributed by atoms with Crippen LogP contribution in [-0.2, 0) is 0 Å². The van der Waals surface area contributed by atoms with E-state index in [1.54, 1.807) is 26.6 Å². The summed E-state index contributed by atoms with van der Waals surface area (Å²) in [6.07, 6.45) is 5.39. The first-order valence-electron chi connectivity index (χ1n) is 7.76. The van der Waals surface area contributed by atoms with Gasteiger partial charge in [-0.15, -0.1) is 0 Å². The summed E-state index contributed by atoms with van der Waals surface area (Å²) in [6.45, 7) is 0. The fourth-order valence-corrected chi connectivity index (χ4v) is 2.43. The normalized spacial score (nSPS) is 16.1. The van der Waals surface area contributed by atoms with Crippen molar-refractivity contribution in [3.8, 4) is 5.75 Å². The number of nitrogens with two attached hydrogens (primary N) is 1. The maximum atomic E-state index is 6.06. The Kier molecular flexibility index (Phi) is 4.89. The number of ether oxygens (including phenoxy) is 1. The number of hydrogen-bond acceptors (Lipinski definition) is 5. The Morgan fingerprint density at radius 1 is 1.16 bits per heavy atom. The average molecular weight is 333 g/mol. The fourth-order valence-electron chi connectivity index (χ4n) is 2.43. The van der Waals surface area contributed by atoms with Crippen molar-refractivity contribution >= 4 is 23.2 Å². The van der Waals surface area contributed by atoms with Crippen LogP contribution in [0.25, 0.3) is 11.1 Å². The van der Waals surface area contributed by atoms with E-state index in [1.165, 1.54) is 0 Å². The lowest BCUT2D eigenvalue weighted by Gasteiger charge is -2.15. The van der Waals surface area contributed by atoms with Gasteiger partial charge in [0.1, 0.15) is 17.4 Å². The van der Waals surface area contributed by atoms with Crippen molar-refractivity contribution in [3.63, 3.8) is 0 Å². The van der Waals surface area contributed by atoms with Crippen molar-refractivity contribution in [1.82, 2.24) is 10.3 Å². The number of nitrogens with zero attached hydrogens (tertiary/aromatic N) is 3. The molecule has 3 rings (SSSR count). The molecule has 1 aliphatic heterocycles. The number of rotatable bonds is 4. The van der Waals surface area contributed by atoms with Gasteiger partial charge in [0.25, 0.3) is 0 Å². The van der Waals surface area contributed by atoms with E-state index in [2.05, 4.69) is 20.3 Å². The van der Waals surface area contributed by atoms with Crippen LogP contribution < -0.4 is 15.8 Å². The molecule has 0 aliphatic carbocycles. The SMILES string of the molecule is C/N=C(N)\C(=C1\N=CC(c2ccc(OC)cc2)=CN1)c1ccccn1. The summed E-state index contributed by atoms with van der Waals surface area (Å²) in [6, 6.07) is 13.4. The third kappa shape index (κ3) is 3.58. The number of methoxy groups -OCH3 is 1. The van der Waals surface area contributed by atoms with E-state index in [1.807, 2.05) is 48.7 Å². The zero-order valence-electron chi connectivity index (χ0n) is 14.1. The zero-order chi connectivity index (χ0) is 17.6. The molecule has 2 aromatic rings. The second-order valence-electron chi connectivity index (χ2n) is 5.28. The van der Waals surface area contributed by atoms with Gasteiger partial charge in [-0.25, -0.2) is 4.99 Å². The lowest BCUT2D eigenvalue weighted by atomic mass is 10.1. The Balaban J connectivity index is 1.93. The van der Waals surface area contributed by atoms with Gasteiger partial charge in [-0.3, -0.25) is 9.98 Å². The number of nitrogens with one attached hydrogen (secondary N) is 1. The Labute approximate surface area is 146 Å². The number of aliphatic imine (C=N–C) groups is 2. The maximum Gasteiger partial charge on any atom is 0.143 e. The summed E-state index contributed by atoms with van der Waals surface area (Å²) in [5.41, 5.74) is 9.44. The maximum absolute atomic E-state index is 6.06. The molecule has 126 valence electrons. The first-order chi connectivity index (χ1) is 12.2. The van der Waals surface area contributed by atoms with Gasteiger partial charge in [0.05, 0.1) is 18.4 Å². The molecule has 2 heterocycles. The quantitative estimate of drug-likeness (QED) is 0.665. The Hall–Kier alpha value is -3.41. The summed E-state index contributed by atoms with van der Waals surface area (Å²) in [4.78, 5) is 13.0. The zero-order valence-corrected chi connectivity index (χ0v) is 14.1. The van der Waals surface area contributed by atoms with Gasteiger partial charge in [0, 0.05) is 31.2 Å². The molecule has 0 unspecified atom stereocenters. The van der Waals surface area contributed by atoms with E-state index in [9.17, 15) is 0 Å². The molecule has 1 aromatic heterocycles. The highest BCUT2D eigenvalue weighted by atomic mass is 16.5. The van der Waals surface area contributed by atoms with Crippen LogP contribution in [0.4, 0.5) is 0 Å². The molecule has 1 aliphatic rings. The van der Waals surface area contributed by atoms with Crippen LogP contribution in [-0.4, -0.2) is 31.2 Å². The van der Waals surface area contributed by atoms with E-state index >= 15 is 0 Å². The van der Waals surface area contributed by atoms with Crippen LogP contribution in [0.15, 0.2) is 70.7 Å². The summed E-state index contributed by atoms with van der Waals surface area (Å²) < 4.78 is 5.18. The lowest BCUT2D eigenvalue weighted by Crippen LogP contribution is -2.21. The smallest absolute Gasteiger partial charge is 0.143 e. The lowest BCUT2D eigenvalue weighted by molar-refractivity contribution is 0.415. The van der Waals surface area contributed by atoms with Gasteiger partial charge in [0.2, 0.25) is 0 Å². The minimum Gasteiger partial charge on any atom is -0.497 e. The second kappa shape index (κ2) is 7.44. The molecule has 0 radical (unpaired) electrons. The van der Waals surface area contributed by atoms with E-state index < -0.39 is 0 Å². The molecule has 0 atom stereocenters. The first-order valence-corrected chi connectivity index (χ1v) is 7.76. The van der Waals surface area contributed by atoms with E-state index in [4.69, 9.17) is 10.5 Å². The Bertz CT molecular complexity index is 864. The molecule has 3 N–H and O–H groups in total. The van der Waals surface area contributed by atoms with Crippen molar-refractivity contribution in [1.29, 1.82) is 0 Å². The van der Waals surface area contributed by atoms with Crippen LogP contribution >= 0.6 is 0 Å². The molecule has 0 bridgehead atoms. The van der Waals surface area contributed by atoms with Crippen molar-refractivity contribution < 1.29 is 4.74 Å². The van der Waals surface area contributed by atoms with Crippen LogP contribution in [0.1, 0.15) is 11.3 Å². The minimum absolute atomic E-state index is 0.375. The molecular weight excluding hydrogens is 314 g/mol. The third-order valence-electron chi connectivity index (χ3n) is 3.78. The summed E-state index contributed by atoms with van der Waals surface area (Å²) in [7, 11) is 3.29. The molecule has 0 amide bonds. The van der Waals surface area contributed by atoms with Crippen molar-refractivity contribution in [2.24, 2.45) is 15.7 Å². The molecule has 6 heteroatoms. The van der Waals surface area contributed by atoms with Gasteiger partial charge in [-0.2, -0.15) is 0 Å². The second-order valence-corrected chi connectivity index (χ2v) is 5.28. The monoisotopic (exact) mass is 333 g/mol. The van der Waals surface area contributed by atoms with Crippen molar-refractivity contribution in [2.45, 2.75) is 0 Å². The van der Waals surface area contributed by atoms with Crippen LogP contribution in [0, 0.1) is 0 Å². The average Bonchev–Trinajstić information content (AvgIpc) is 2.69. The first kappa shape index (κ1) is 16.4.